The number of nitrogens with zero attached hydrogens (tertiary/aromatic N) is 2. The van der Waals surface area contributed by atoms with Crippen LogP contribution in [0.4, 0.5) is 5.00 Å². The van der Waals surface area contributed by atoms with E-state index >= 15 is 0 Å². The van der Waals surface area contributed by atoms with Crippen molar-refractivity contribution in [2.45, 2.75) is 38.1 Å². The van der Waals surface area contributed by atoms with Crippen molar-refractivity contribution >= 4 is 50.8 Å². The molecule has 0 saturated carbocycles. The van der Waals surface area contributed by atoms with E-state index in [0.29, 0.717) is 22.3 Å². The van der Waals surface area contributed by atoms with Gasteiger partial charge in [0.15, 0.2) is 0 Å². The Hall–Kier alpha value is -2.45. The number of rotatable bonds is 5. The van der Waals surface area contributed by atoms with E-state index in [0.717, 1.165) is 45.6 Å². The predicted molar refractivity (Wildman–Crippen MR) is 118 cm³/mol. The SMILES string of the molecule is Cc1nc(SCC(=O)Nc2sc3c(c2C(N)=O)CC[C@H](C)C3)c2ccccc2n1. The quantitative estimate of drug-likeness (QED) is 0.475. The highest BCUT2D eigenvalue weighted by molar-refractivity contribution is 8.00. The Bertz CT molecular complexity index is 1110. The first-order valence-electron chi connectivity index (χ1n) is 9.52. The molecular formula is C21H22N4O2S2. The normalized spacial score (nSPS) is 15.9. The minimum atomic E-state index is -0.475. The number of hydrogen-bond acceptors (Lipinski definition) is 6. The third kappa shape index (κ3) is 4.13. The number of benzene rings is 1. The number of carbonyl (C=O) groups excluding carboxylic acids is 2. The van der Waals surface area contributed by atoms with Crippen LogP contribution in [-0.4, -0.2) is 27.5 Å². The molecule has 0 radical (unpaired) electrons. The molecule has 0 unspecified atom stereocenters. The van der Waals surface area contributed by atoms with Crippen LogP contribution in [0.3, 0.4) is 0 Å². The van der Waals surface area contributed by atoms with Gasteiger partial charge in [-0.25, -0.2) is 9.97 Å². The number of aromatic nitrogens is 2. The first-order valence-corrected chi connectivity index (χ1v) is 11.3. The van der Waals surface area contributed by atoms with Crippen LogP contribution in [0.2, 0.25) is 0 Å². The van der Waals surface area contributed by atoms with E-state index in [1.807, 2.05) is 31.2 Å². The molecule has 4 rings (SSSR count). The standard InChI is InChI=1S/C21H22N4O2S2/c1-11-7-8-14-16(9-11)29-21(18(14)19(22)27)25-17(26)10-28-20-13-5-3-4-6-15(13)23-12(2)24-20/h3-6,11H,7-10H2,1-2H3,(H2,22,27)(H,25,26)/t11-/m0/s1. The largest absolute Gasteiger partial charge is 0.365 e. The molecule has 0 bridgehead atoms. The molecule has 1 aliphatic rings. The molecule has 0 aliphatic heterocycles. The highest BCUT2D eigenvalue weighted by Crippen LogP contribution is 2.39. The fourth-order valence-corrected chi connectivity index (χ4v) is 5.96. The van der Waals surface area contributed by atoms with Crippen molar-refractivity contribution in [3.63, 3.8) is 0 Å². The van der Waals surface area contributed by atoms with Crippen LogP contribution in [0.1, 0.15) is 40.0 Å². The maximum atomic E-state index is 12.6. The van der Waals surface area contributed by atoms with Gasteiger partial charge in [-0.1, -0.05) is 36.9 Å². The summed E-state index contributed by atoms with van der Waals surface area (Å²) < 4.78 is 0. The second kappa shape index (κ2) is 8.12. The summed E-state index contributed by atoms with van der Waals surface area (Å²) in [5.74, 6) is 0.789. The van der Waals surface area contributed by atoms with E-state index < -0.39 is 5.91 Å². The lowest BCUT2D eigenvalue weighted by Gasteiger charge is -2.18. The van der Waals surface area contributed by atoms with Gasteiger partial charge in [-0.2, -0.15) is 0 Å². The van der Waals surface area contributed by atoms with E-state index in [2.05, 4.69) is 22.2 Å². The van der Waals surface area contributed by atoms with Gasteiger partial charge >= 0.3 is 0 Å². The van der Waals surface area contributed by atoms with Crippen LogP contribution in [-0.2, 0) is 17.6 Å². The van der Waals surface area contributed by atoms with Crippen molar-refractivity contribution in [1.82, 2.24) is 9.97 Å². The van der Waals surface area contributed by atoms with E-state index in [4.69, 9.17) is 5.73 Å². The van der Waals surface area contributed by atoms with Crippen LogP contribution in [0.5, 0.6) is 0 Å². The molecular weight excluding hydrogens is 404 g/mol. The number of amides is 2. The van der Waals surface area contributed by atoms with Crippen LogP contribution < -0.4 is 11.1 Å². The summed E-state index contributed by atoms with van der Waals surface area (Å²) in [7, 11) is 0. The summed E-state index contributed by atoms with van der Waals surface area (Å²) in [4.78, 5) is 34.8. The lowest BCUT2D eigenvalue weighted by atomic mass is 9.88. The zero-order valence-electron chi connectivity index (χ0n) is 16.3. The third-order valence-corrected chi connectivity index (χ3v) is 7.19. The molecule has 0 spiro atoms. The molecule has 2 aromatic heterocycles. The molecule has 1 aromatic carbocycles. The van der Waals surface area contributed by atoms with E-state index in [9.17, 15) is 9.59 Å². The number of nitrogens with two attached hydrogens (primary N) is 1. The molecule has 150 valence electrons. The maximum Gasteiger partial charge on any atom is 0.251 e. The van der Waals surface area contributed by atoms with Crippen molar-refractivity contribution in [1.29, 1.82) is 0 Å². The Balaban J connectivity index is 1.52. The number of thioether (sulfide) groups is 1. The molecule has 6 nitrogen and oxygen atoms in total. The third-order valence-electron chi connectivity index (χ3n) is 5.03. The number of fused-ring (bicyclic) bond motifs is 2. The minimum absolute atomic E-state index is 0.176. The van der Waals surface area contributed by atoms with Gasteiger partial charge in [0.1, 0.15) is 15.9 Å². The van der Waals surface area contributed by atoms with Crippen molar-refractivity contribution in [3.05, 3.63) is 46.1 Å². The van der Waals surface area contributed by atoms with Crippen molar-refractivity contribution in [2.75, 3.05) is 11.1 Å². The number of nitrogens with one attached hydrogen (secondary N) is 1. The lowest BCUT2D eigenvalue weighted by Crippen LogP contribution is -2.20. The lowest BCUT2D eigenvalue weighted by molar-refractivity contribution is -0.113. The van der Waals surface area contributed by atoms with Gasteiger partial charge in [0.25, 0.3) is 5.91 Å². The molecule has 1 atom stereocenters. The van der Waals surface area contributed by atoms with Crippen LogP contribution >= 0.6 is 23.1 Å². The van der Waals surface area contributed by atoms with Crippen molar-refractivity contribution in [2.24, 2.45) is 11.7 Å². The molecule has 1 aliphatic carbocycles. The number of thiophene rings is 1. The molecule has 0 saturated heterocycles. The number of para-hydroxylation sites is 1. The predicted octanol–water partition coefficient (Wildman–Crippen LogP) is 3.95. The minimum Gasteiger partial charge on any atom is -0.365 e. The zero-order valence-corrected chi connectivity index (χ0v) is 18.0. The Morgan fingerprint density at radius 3 is 2.90 bits per heavy atom. The number of anilines is 1. The molecule has 3 aromatic rings. The first kappa shape index (κ1) is 19.8. The topological polar surface area (TPSA) is 98.0 Å². The Morgan fingerprint density at radius 2 is 2.10 bits per heavy atom. The molecule has 2 heterocycles. The first-order chi connectivity index (χ1) is 13.9. The summed E-state index contributed by atoms with van der Waals surface area (Å²) in [6.07, 6.45) is 2.80. The Labute approximate surface area is 177 Å². The van der Waals surface area contributed by atoms with Crippen LogP contribution in [0.15, 0.2) is 29.3 Å². The van der Waals surface area contributed by atoms with Crippen molar-refractivity contribution < 1.29 is 9.59 Å². The number of hydrogen-bond donors (Lipinski definition) is 2. The summed E-state index contributed by atoms with van der Waals surface area (Å²) in [5, 5.41) is 5.19. The maximum absolute atomic E-state index is 12.6. The average molecular weight is 427 g/mol. The molecule has 8 heteroatoms. The molecule has 3 N–H and O–H groups in total. The van der Waals surface area contributed by atoms with Gasteiger partial charge < -0.3 is 11.1 Å². The highest BCUT2D eigenvalue weighted by Gasteiger charge is 2.27. The number of aryl methyl sites for hydroxylation is 1. The van der Waals surface area contributed by atoms with Crippen LogP contribution in [0, 0.1) is 12.8 Å². The Kier molecular flexibility index (Phi) is 5.56. The second-order valence-corrected chi connectivity index (χ2v) is 9.42. The summed E-state index contributed by atoms with van der Waals surface area (Å²) >= 11 is 2.85. The zero-order chi connectivity index (χ0) is 20.5. The highest BCUT2D eigenvalue weighted by atomic mass is 32.2. The van der Waals surface area contributed by atoms with E-state index in [1.165, 1.54) is 23.1 Å². The van der Waals surface area contributed by atoms with Gasteiger partial charge in [0.05, 0.1) is 16.8 Å². The van der Waals surface area contributed by atoms with Gasteiger partial charge in [0.2, 0.25) is 5.91 Å². The number of carbonyl (C=O) groups is 2. The molecule has 0 fully saturated rings. The van der Waals surface area contributed by atoms with Crippen LogP contribution in [0.25, 0.3) is 10.9 Å². The Morgan fingerprint density at radius 1 is 1.31 bits per heavy atom. The molecule has 29 heavy (non-hydrogen) atoms. The molecule has 2 amide bonds. The fraction of sp³-hybridized carbons (Fsp3) is 0.333. The fourth-order valence-electron chi connectivity index (χ4n) is 3.66. The summed E-state index contributed by atoms with van der Waals surface area (Å²) in [5.41, 5.74) is 7.99. The van der Waals surface area contributed by atoms with E-state index in [-0.39, 0.29) is 11.7 Å². The summed E-state index contributed by atoms with van der Waals surface area (Å²) in [6, 6.07) is 7.75. The monoisotopic (exact) mass is 426 g/mol. The van der Waals surface area contributed by atoms with E-state index in [1.54, 1.807) is 0 Å². The second-order valence-electron chi connectivity index (χ2n) is 7.35. The van der Waals surface area contributed by atoms with Gasteiger partial charge in [-0.05, 0) is 43.7 Å². The summed E-state index contributed by atoms with van der Waals surface area (Å²) in [6.45, 7) is 4.04. The number of primary amides is 1. The van der Waals surface area contributed by atoms with Gasteiger partial charge in [-0.3, -0.25) is 9.59 Å². The van der Waals surface area contributed by atoms with Gasteiger partial charge in [0, 0.05) is 10.3 Å². The smallest absolute Gasteiger partial charge is 0.251 e. The average Bonchev–Trinajstić information content (AvgIpc) is 3.02. The van der Waals surface area contributed by atoms with Crippen molar-refractivity contribution in [3.8, 4) is 0 Å². The van der Waals surface area contributed by atoms with Gasteiger partial charge in [-0.15, -0.1) is 11.3 Å².